The summed E-state index contributed by atoms with van der Waals surface area (Å²) in [5.74, 6) is -4.79. The molecule has 11 heteroatoms. The maximum atomic E-state index is 13.5. The molecule has 1 amide bonds. The molecule has 0 saturated carbocycles. The molecule has 1 aromatic carbocycles. The van der Waals surface area contributed by atoms with Crippen LogP contribution in [-0.2, 0) is 14.3 Å². The molecule has 27 heavy (non-hydrogen) atoms. The molecule has 1 unspecified atom stereocenters. The van der Waals surface area contributed by atoms with Gasteiger partial charge in [0.25, 0.3) is 0 Å². The van der Waals surface area contributed by atoms with Crippen molar-refractivity contribution in [1.82, 2.24) is 10.6 Å². The Labute approximate surface area is 157 Å². The van der Waals surface area contributed by atoms with Crippen LogP contribution in [0.3, 0.4) is 0 Å². The van der Waals surface area contributed by atoms with Crippen molar-refractivity contribution in [2.75, 3.05) is 19.6 Å². The zero-order valence-electron chi connectivity index (χ0n) is 13.9. The van der Waals surface area contributed by atoms with Crippen molar-refractivity contribution >= 4 is 23.5 Å². The van der Waals surface area contributed by atoms with Crippen molar-refractivity contribution in [3.8, 4) is 5.75 Å². The number of nitrogens with one attached hydrogen (secondary N) is 2. The molecule has 1 aliphatic heterocycles. The highest BCUT2D eigenvalue weighted by molar-refractivity contribution is 6.30. The molecule has 0 radical (unpaired) electrons. The quantitative estimate of drug-likeness (QED) is 0.426. The third-order valence-corrected chi connectivity index (χ3v) is 4.12. The Morgan fingerprint density at radius 2 is 1.96 bits per heavy atom. The van der Waals surface area contributed by atoms with Crippen molar-refractivity contribution in [3.05, 3.63) is 29.0 Å². The van der Waals surface area contributed by atoms with Crippen molar-refractivity contribution < 1.29 is 36.6 Å². The van der Waals surface area contributed by atoms with E-state index >= 15 is 0 Å². The molecule has 1 heterocycles. The Morgan fingerprint density at radius 1 is 1.30 bits per heavy atom. The summed E-state index contributed by atoms with van der Waals surface area (Å²) in [5, 5.41) is 5.28. The zero-order chi connectivity index (χ0) is 20.0. The van der Waals surface area contributed by atoms with E-state index in [1.807, 2.05) is 0 Å². The van der Waals surface area contributed by atoms with E-state index in [9.17, 15) is 27.2 Å². The maximum Gasteiger partial charge on any atom is 0.491 e. The highest BCUT2D eigenvalue weighted by Gasteiger charge is 2.44. The van der Waals surface area contributed by atoms with Crippen molar-refractivity contribution in [2.45, 2.75) is 25.3 Å². The van der Waals surface area contributed by atoms with E-state index in [0.717, 1.165) is 44.1 Å². The van der Waals surface area contributed by atoms with Gasteiger partial charge in [-0.3, -0.25) is 4.79 Å². The number of carbonyl (C=O) groups excluding carboxylic acids is 2. The minimum Gasteiger partial charge on any atom is -0.446 e. The monoisotopic (exact) mass is 412 g/mol. The number of piperidine rings is 1. The summed E-state index contributed by atoms with van der Waals surface area (Å²) >= 11 is 5.51. The first kappa shape index (κ1) is 21.2. The molecule has 1 fully saturated rings. The smallest absolute Gasteiger partial charge is 0.446 e. The van der Waals surface area contributed by atoms with Gasteiger partial charge in [-0.25, -0.2) is 9.18 Å². The van der Waals surface area contributed by atoms with Gasteiger partial charge in [-0.2, -0.15) is 13.2 Å². The lowest BCUT2D eigenvalue weighted by atomic mass is 9.98. The largest absolute Gasteiger partial charge is 0.491 e. The lowest BCUT2D eigenvalue weighted by molar-refractivity contribution is -0.216. The first-order chi connectivity index (χ1) is 12.7. The Hall–Kier alpha value is -2.07. The number of alkyl halides is 3. The number of ether oxygens (including phenoxy) is 2. The molecule has 2 rings (SSSR count). The fourth-order valence-corrected chi connectivity index (χ4v) is 2.50. The number of carbonyl (C=O) groups is 2. The normalized spacial score (nSPS) is 16.5. The van der Waals surface area contributed by atoms with E-state index in [0.29, 0.717) is 0 Å². The van der Waals surface area contributed by atoms with Gasteiger partial charge in [-0.05, 0) is 44.0 Å². The topological polar surface area (TPSA) is 76.7 Å². The SMILES string of the molecule is O=C(NCC1CCNCC1)C(OC(=O)C(F)(F)F)Oc1ccc(Cl)c(F)c1. The number of hydrogen-bond acceptors (Lipinski definition) is 5. The summed E-state index contributed by atoms with van der Waals surface area (Å²) in [6, 6.07) is 2.97. The van der Waals surface area contributed by atoms with Crippen LogP contribution in [0, 0.1) is 11.7 Å². The molecule has 0 aliphatic carbocycles. The first-order valence-electron chi connectivity index (χ1n) is 8.04. The lowest BCUT2D eigenvalue weighted by Crippen LogP contribution is -2.46. The standard InChI is InChI=1S/C16H17ClF4N2O4/c17-11-2-1-10(7-12(11)18)26-14(27-15(25)16(19,20)21)13(24)23-8-9-3-5-22-6-4-9/h1-2,7,9,14,22H,3-6,8H2,(H,23,24). The Bertz CT molecular complexity index is 681. The third kappa shape index (κ3) is 6.55. The van der Waals surface area contributed by atoms with Crippen molar-refractivity contribution in [3.63, 3.8) is 0 Å². The number of amides is 1. The summed E-state index contributed by atoms with van der Waals surface area (Å²) in [4.78, 5) is 23.3. The van der Waals surface area contributed by atoms with E-state index in [-0.39, 0.29) is 23.2 Å². The number of rotatable bonds is 6. The fourth-order valence-electron chi connectivity index (χ4n) is 2.38. The molecule has 1 saturated heterocycles. The number of halogens is 5. The van der Waals surface area contributed by atoms with E-state index in [4.69, 9.17) is 16.3 Å². The molecule has 2 N–H and O–H groups in total. The number of benzene rings is 1. The van der Waals surface area contributed by atoms with Gasteiger partial charge in [-0.15, -0.1) is 0 Å². The Balaban J connectivity index is 2.06. The molecule has 0 bridgehead atoms. The summed E-state index contributed by atoms with van der Waals surface area (Å²) in [5.41, 5.74) is 0. The molecular weight excluding hydrogens is 396 g/mol. The van der Waals surface area contributed by atoms with Gasteiger partial charge in [0.1, 0.15) is 11.6 Å². The van der Waals surface area contributed by atoms with Gasteiger partial charge in [0.05, 0.1) is 5.02 Å². The molecule has 1 atom stereocenters. The minimum atomic E-state index is -5.32. The summed E-state index contributed by atoms with van der Waals surface area (Å²) in [6.45, 7) is 1.69. The lowest BCUT2D eigenvalue weighted by Gasteiger charge is -2.24. The molecule has 1 aromatic rings. The molecule has 1 aliphatic rings. The number of hydrogen-bond donors (Lipinski definition) is 2. The van der Waals surface area contributed by atoms with Crippen LogP contribution < -0.4 is 15.4 Å². The van der Waals surface area contributed by atoms with Crippen LogP contribution in [0.4, 0.5) is 17.6 Å². The second kappa shape index (κ2) is 9.23. The van der Waals surface area contributed by atoms with Crippen LogP contribution in [-0.4, -0.2) is 44.0 Å². The van der Waals surface area contributed by atoms with Crippen LogP contribution in [0.1, 0.15) is 12.8 Å². The van der Waals surface area contributed by atoms with E-state index < -0.39 is 30.2 Å². The van der Waals surface area contributed by atoms with Crippen LogP contribution >= 0.6 is 11.6 Å². The van der Waals surface area contributed by atoms with Gasteiger partial charge in [0.2, 0.25) is 0 Å². The van der Waals surface area contributed by atoms with E-state index in [2.05, 4.69) is 15.4 Å². The molecule has 6 nitrogen and oxygen atoms in total. The van der Waals surface area contributed by atoms with Gasteiger partial charge in [-0.1, -0.05) is 11.6 Å². The first-order valence-corrected chi connectivity index (χ1v) is 8.42. The molecular formula is C16H17ClF4N2O4. The second-order valence-electron chi connectivity index (χ2n) is 5.87. The average Bonchev–Trinajstić information content (AvgIpc) is 2.62. The Morgan fingerprint density at radius 3 is 2.56 bits per heavy atom. The highest BCUT2D eigenvalue weighted by Crippen LogP contribution is 2.23. The van der Waals surface area contributed by atoms with Gasteiger partial charge in [0.15, 0.2) is 0 Å². The molecule has 0 aromatic heterocycles. The summed E-state index contributed by atoms with van der Waals surface area (Å²) in [7, 11) is 0. The minimum absolute atomic E-state index is 0.127. The molecule has 150 valence electrons. The summed E-state index contributed by atoms with van der Waals surface area (Å²) in [6.07, 6.45) is -6.00. The van der Waals surface area contributed by atoms with Crippen molar-refractivity contribution in [2.24, 2.45) is 5.92 Å². The average molecular weight is 413 g/mol. The predicted octanol–water partition coefficient (Wildman–Crippen LogP) is 2.41. The fraction of sp³-hybridized carbons (Fsp3) is 0.500. The summed E-state index contributed by atoms with van der Waals surface area (Å²) < 4.78 is 59.9. The van der Waals surface area contributed by atoms with Crippen LogP contribution in [0.15, 0.2) is 18.2 Å². The maximum absolute atomic E-state index is 13.5. The van der Waals surface area contributed by atoms with E-state index in [1.165, 1.54) is 0 Å². The zero-order valence-corrected chi connectivity index (χ0v) is 14.7. The van der Waals surface area contributed by atoms with Gasteiger partial charge >= 0.3 is 24.3 Å². The van der Waals surface area contributed by atoms with Crippen LogP contribution in [0.5, 0.6) is 5.75 Å². The predicted molar refractivity (Wildman–Crippen MR) is 86.6 cm³/mol. The van der Waals surface area contributed by atoms with Crippen LogP contribution in [0.2, 0.25) is 5.02 Å². The molecule has 0 spiro atoms. The van der Waals surface area contributed by atoms with Gasteiger partial charge in [0, 0.05) is 12.6 Å². The van der Waals surface area contributed by atoms with Gasteiger partial charge < -0.3 is 20.1 Å². The van der Waals surface area contributed by atoms with Crippen LogP contribution in [0.25, 0.3) is 0 Å². The van der Waals surface area contributed by atoms with E-state index in [1.54, 1.807) is 0 Å². The van der Waals surface area contributed by atoms with Crippen molar-refractivity contribution in [1.29, 1.82) is 0 Å². The Kier molecular flexibility index (Phi) is 7.25. The number of esters is 1. The second-order valence-corrected chi connectivity index (χ2v) is 6.27. The third-order valence-electron chi connectivity index (χ3n) is 3.82. The highest BCUT2D eigenvalue weighted by atomic mass is 35.5.